The van der Waals surface area contributed by atoms with Crippen molar-refractivity contribution in [2.45, 2.75) is 26.7 Å². The van der Waals surface area contributed by atoms with Gasteiger partial charge in [-0.15, -0.1) is 0 Å². The molecule has 0 aliphatic carbocycles. The predicted octanol–water partition coefficient (Wildman–Crippen LogP) is 3.60. The molecule has 5 heteroatoms. The highest BCUT2D eigenvalue weighted by Gasteiger charge is 2.26. The molecular weight excluding hydrogens is 328 g/mol. The van der Waals surface area contributed by atoms with E-state index in [1.54, 1.807) is 12.1 Å². The number of phenols is 1. The Kier molecular flexibility index (Phi) is 3.80. The van der Waals surface area contributed by atoms with Crippen molar-refractivity contribution in [3.8, 4) is 17.1 Å². The first-order valence-electron chi connectivity index (χ1n) is 8.83. The van der Waals surface area contributed by atoms with Crippen molar-refractivity contribution in [2.75, 3.05) is 0 Å². The van der Waals surface area contributed by atoms with Crippen LogP contribution in [0.4, 0.5) is 0 Å². The quantitative estimate of drug-likeness (QED) is 0.555. The number of H-pyrrole nitrogens is 1. The Morgan fingerprint density at radius 2 is 1.92 bits per heavy atom. The zero-order valence-corrected chi connectivity index (χ0v) is 15.1. The van der Waals surface area contributed by atoms with E-state index >= 15 is 0 Å². The number of imidazole rings is 1. The van der Waals surface area contributed by atoms with Crippen LogP contribution in [0.5, 0.6) is 5.75 Å². The molecule has 5 nitrogen and oxygen atoms in total. The third-order valence-electron chi connectivity index (χ3n) is 4.96. The standard InChI is InChI=1S/C21H20N2O3/c1-4-12-10-13-18(11-16(12)24)26-17(5-2)19(20(13)25)21-22-14-8-6-7-9-15(14)23(21)3/h6-11H,4-5H2,1-3H3,(H,24,25)/p+1. The van der Waals surface area contributed by atoms with Crippen molar-refractivity contribution < 1.29 is 14.1 Å². The van der Waals surface area contributed by atoms with Crippen LogP contribution in [-0.4, -0.2) is 10.1 Å². The highest BCUT2D eigenvalue weighted by atomic mass is 16.3. The monoisotopic (exact) mass is 349 g/mol. The van der Waals surface area contributed by atoms with Gasteiger partial charge in [0.25, 0.3) is 5.82 Å². The highest BCUT2D eigenvalue weighted by molar-refractivity contribution is 5.84. The lowest BCUT2D eigenvalue weighted by molar-refractivity contribution is -0.633. The Balaban J connectivity index is 2.11. The number of phenolic OH excluding ortho intramolecular Hbond substituents is 1. The molecule has 0 saturated carbocycles. The SMILES string of the molecule is CCc1cc2c(=O)c(-c3[nH]c4ccccc4[n+]3C)c(CC)oc2cc1O. The Hall–Kier alpha value is -3.08. The van der Waals surface area contributed by atoms with Gasteiger partial charge in [0.1, 0.15) is 17.1 Å². The van der Waals surface area contributed by atoms with E-state index in [1.807, 2.05) is 49.7 Å². The van der Waals surface area contributed by atoms with Gasteiger partial charge in [-0.3, -0.25) is 4.79 Å². The third-order valence-corrected chi connectivity index (χ3v) is 4.96. The fourth-order valence-electron chi connectivity index (χ4n) is 3.53. The van der Waals surface area contributed by atoms with E-state index < -0.39 is 0 Å². The zero-order valence-electron chi connectivity index (χ0n) is 15.1. The van der Waals surface area contributed by atoms with Crippen LogP contribution < -0.4 is 10.00 Å². The second-order valence-corrected chi connectivity index (χ2v) is 6.46. The minimum absolute atomic E-state index is 0.0834. The molecule has 0 spiro atoms. The van der Waals surface area contributed by atoms with Gasteiger partial charge in [0.2, 0.25) is 5.43 Å². The van der Waals surface area contributed by atoms with Crippen molar-refractivity contribution in [2.24, 2.45) is 7.05 Å². The summed E-state index contributed by atoms with van der Waals surface area (Å²) in [6.07, 6.45) is 1.22. The van der Waals surface area contributed by atoms with Crippen molar-refractivity contribution in [1.82, 2.24) is 4.98 Å². The summed E-state index contributed by atoms with van der Waals surface area (Å²) >= 11 is 0. The zero-order chi connectivity index (χ0) is 18.4. The number of nitrogens with one attached hydrogen (secondary N) is 1. The Labute approximate surface area is 150 Å². The number of rotatable bonds is 3. The molecule has 0 bridgehead atoms. The van der Waals surface area contributed by atoms with E-state index in [1.165, 1.54) is 0 Å². The molecule has 2 heterocycles. The maximum absolute atomic E-state index is 13.3. The van der Waals surface area contributed by atoms with Gasteiger partial charge in [-0.2, -0.15) is 0 Å². The summed E-state index contributed by atoms with van der Waals surface area (Å²) in [6.45, 7) is 3.90. The van der Waals surface area contributed by atoms with Gasteiger partial charge in [-0.1, -0.05) is 26.0 Å². The van der Waals surface area contributed by atoms with Crippen molar-refractivity contribution in [3.63, 3.8) is 0 Å². The summed E-state index contributed by atoms with van der Waals surface area (Å²) in [7, 11) is 1.94. The number of fused-ring (bicyclic) bond motifs is 2. The predicted molar refractivity (Wildman–Crippen MR) is 101 cm³/mol. The van der Waals surface area contributed by atoms with Crippen LogP contribution in [0.3, 0.4) is 0 Å². The summed E-state index contributed by atoms with van der Waals surface area (Å²) in [6, 6.07) is 11.2. The number of aromatic nitrogens is 2. The van der Waals surface area contributed by atoms with Gasteiger partial charge >= 0.3 is 0 Å². The van der Waals surface area contributed by atoms with E-state index in [9.17, 15) is 9.90 Å². The first-order valence-corrected chi connectivity index (χ1v) is 8.83. The van der Waals surface area contributed by atoms with Crippen LogP contribution in [0.15, 0.2) is 45.6 Å². The molecule has 2 aromatic carbocycles. The third kappa shape index (κ3) is 2.31. The van der Waals surface area contributed by atoms with Crippen molar-refractivity contribution in [3.05, 3.63) is 57.9 Å². The lowest BCUT2D eigenvalue weighted by atomic mass is 10.0. The lowest BCUT2D eigenvalue weighted by Gasteiger charge is -2.08. The van der Waals surface area contributed by atoms with Gasteiger partial charge in [0, 0.05) is 12.5 Å². The van der Waals surface area contributed by atoms with E-state index in [0.29, 0.717) is 35.1 Å². The fourth-order valence-corrected chi connectivity index (χ4v) is 3.53. The molecule has 0 saturated heterocycles. The summed E-state index contributed by atoms with van der Waals surface area (Å²) in [4.78, 5) is 16.7. The summed E-state index contributed by atoms with van der Waals surface area (Å²) in [5.74, 6) is 1.49. The van der Waals surface area contributed by atoms with Crippen LogP contribution in [0.1, 0.15) is 25.2 Å². The van der Waals surface area contributed by atoms with Gasteiger partial charge in [-0.05, 0) is 30.2 Å². The van der Waals surface area contributed by atoms with Gasteiger partial charge in [0.05, 0.1) is 12.4 Å². The van der Waals surface area contributed by atoms with Crippen molar-refractivity contribution >= 4 is 22.0 Å². The molecule has 2 aromatic heterocycles. The number of hydrogen-bond donors (Lipinski definition) is 2. The number of aromatic hydroxyl groups is 1. The summed E-state index contributed by atoms with van der Waals surface area (Å²) < 4.78 is 8.00. The van der Waals surface area contributed by atoms with Crippen LogP contribution >= 0.6 is 0 Å². The van der Waals surface area contributed by atoms with E-state index in [0.717, 1.165) is 22.4 Å². The number of hydrogen-bond acceptors (Lipinski definition) is 3. The largest absolute Gasteiger partial charge is 0.508 e. The van der Waals surface area contributed by atoms with Crippen molar-refractivity contribution in [1.29, 1.82) is 0 Å². The van der Waals surface area contributed by atoms with Crippen LogP contribution in [0, 0.1) is 0 Å². The molecule has 0 aliphatic heterocycles. The second-order valence-electron chi connectivity index (χ2n) is 6.46. The number of para-hydroxylation sites is 2. The molecule has 0 atom stereocenters. The fraction of sp³-hybridized carbons (Fsp3) is 0.238. The topological polar surface area (TPSA) is 70.1 Å². The molecule has 0 aliphatic rings. The molecule has 0 unspecified atom stereocenters. The van der Waals surface area contributed by atoms with E-state index in [-0.39, 0.29) is 11.2 Å². The molecule has 26 heavy (non-hydrogen) atoms. The second kappa shape index (κ2) is 6.02. The maximum atomic E-state index is 13.3. The summed E-state index contributed by atoms with van der Waals surface area (Å²) in [5.41, 5.74) is 3.60. The Morgan fingerprint density at radius 1 is 1.15 bits per heavy atom. The van der Waals surface area contributed by atoms with Crippen LogP contribution in [-0.2, 0) is 19.9 Å². The van der Waals surface area contributed by atoms with E-state index in [2.05, 4.69) is 4.98 Å². The Bertz CT molecular complexity index is 1200. The smallest absolute Gasteiger partial charge is 0.294 e. The highest BCUT2D eigenvalue weighted by Crippen LogP contribution is 2.28. The maximum Gasteiger partial charge on any atom is 0.294 e. The number of aryl methyl sites for hydroxylation is 3. The van der Waals surface area contributed by atoms with Gasteiger partial charge in [0.15, 0.2) is 16.6 Å². The normalized spacial score (nSPS) is 11.5. The number of aromatic amines is 1. The molecule has 0 fully saturated rings. The molecule has 2 N–H and O–H groups in total. The molecule has 0 amide bonds. The molecular formula is C21H21N2O3+. The molecule has 0 radical (unpaired) electrons. The van der Waals surface area contributed by atoms with Gasteiger partial charge < -0.3 is 9.52 Å². The van der Waals surface area contributed by atoms with Crippen LogP contribution in [0.2, 0.25) is 0 Å². The minimum Gasteiger partial charge on any atom is -0.508 e. The average Bonchev–Trinajstić information content (AvgIpc) is 2.97. The first kappa shape index (κ1) is 16.4. The van der Waals surface area contributed by atoms with Crippen LogP contribution in [0.25, 0.3) is 33.4 Å². The Morgan fingerprint density at radius 3 is 2.62 bits per heavy atom. The minimum atomic E-state index is -0.0834. The number of benzene rings is 2. The number of nitrogens with zero attached hydrogens (tertiary/aromatic N) is 1. The molecule has 4 rings (SSSR count). The lowest BCUT2D eigenvalue weighted by Crippen LogP contribution is -2.31. The first-order chi connectivity index (χ1) is 12.5. The average molecular weight is 349 g/mol. The molecule has 4 aromatic rings. The van der Waals surface area contributed by atoms with Gasteiger partial charge in [-0.25, -0.2) is 9.55 Å². The summed E-state index contributed by atoms with van der Waals surface area (Å²) in [5, 5.41) is 10.6. The molecule has 132 valence electrons. The van der Waals surface area contributed by atoms with E-state index in [4.69, 9.17) is 4.42 Å².